The van der Waals surface area contributed by atoms with E-state index in [0.29, 0.717) is 16.6 Å². The van der Waals surface area contributed by atoms with Crippen molar-refractivity contribution in [1.29, 1.82) is 0 Å². The van der Waals surface area contributed by atoms with E-state index in [1.54, 1.807) is 6.92 Å². The Balaban J connectivity index is 2.55. The highest BCUT2D eigenvalue weighted by Gasteiger charge is 2.25. The molecule has 0 fully saturated rings. The number of aromatic carboxylic acids is 1. The molecule has 0 aliphatic heterocycles. The Morgan fingerprint density at radius 1 is 1.33 bits per heavy atom. The fraction of sp³-hybridized carbons (Fsp3) is 0.188. The molecule has 4 nitrogen and oxygen atoms in total. The van der Waals surface area contributed by atoms with Gasteiger partial charge in [-0.1, -0.05) is 6.07 Å². The van der Waals surface area contributed by atoms with Gasteiger partial charge in [-0.05, 0) is 36.9 Å². The van der Waals surface area contributed by atoms with Crippen LogP contribution < -0.4 is 0 Å². The molecule has 3 rings (SSSR count). The van der Waals surface area contributed by atoms with Crippen LogP contribution in [0.2, 0.25) is 0 Å². The average molecular weight is 301 g/mol. The Bertz CT molecular complexity index is 860. The van der Waals surface area contributed by atoms with Crippen molar-refractivity contribution in [1.82, 2.24) is 4.57 Å². The summed E-state index contributed by atoms with van der Waals surface area (Å²) in [6, 6.07) is 5.65. The van der Waals surface area contributed by atoms with Gasteiger partial charge >= 0.3 is 5.97 Å². The Morgan fingerprint density at radius 3 is 2.62 bits per heavy atom. The minimum atomic E-state index is -0.977. The van der Waals surface area contributed by atoms with Gasteiger partial charge in [-0.25, -0.2) is 4.79 Å². The van der Waals surface area contributed by atoms with Crippen molar-refractivity contribution in [2.24, 2.45) is 7.05 Å². The zero-order valence-electron chi connectivity index (χ0n) is 12.0. The van der Waals surface area contributed by atoms with Gasteiger partial charge in [-0.15, -0.1) is 11.3 Å². The van der Waals surface area contributed by atoms with Crippen molar-refractivity contribution >= 4 is 28.2 Å². The fourth-order valence-electron chi connectivity index (χ4n) is 2.85. The number of hydrogen-bond donors (Lipinski definition) is 2. The molecule has 0 radical (unpaired) electrons. The van der Waals surface area contributed by atoms with Crippen molar-refractivity contribution in [2.75, 3.05) is 0 Å². The lowest BCUT2D eigenvalue weighted by Crippen LogP contribution is -1.99. The average Bonchev–Trinajstić information content (AvgIpc) is 3.03. The van der Waals surface area contributed by atoms with Gasteiger partial charge in [0.05, 0.1) is 16.1 Å². The summed E-state index contributed by atoms with van der Waals surface area (Å²) >= 11 is 1.50. The van der Waals surface area contributed by atoms with Crippen LogP contribution in [0, 0.1) is 13.8 Å². The van der Waals surface area contributed by atoms with Gasteiger partial charge < -0.3 is 14.8 Å². The second kappa shape index (κ2) is 4.63. The van der Waals surface area contributed by atoms with E-state index < -0.39 is 5.97 Å². The molecule has 0 saturated heterocycles. The Kier molecular flexibility index (Phi) is 3.02. The molecule has 3 aromatic rings. The number of carboxylic acid groups (broad SMARTS) is 1. The van der Waals surface area contributed by atoms with Crippen LogP contribution in [0.25, 0.3) is 21.5 Å². The van der Waals surface area contributed by atoms with Crippen molar-refractivity contribution in [3.63, 3.8) is 0 Å². The fourth-order valence-corrected chi connectivity index (χ4v) is 3.66. The number of nitrogens with zero attached hydrogens (tertiary/aromatic N) is 1. The molecule has 2 heterocycles. The van der Waals surface area contributed by atoms with Gasteiger partial charge in [0.15, 0.2) is 0 Å². The maximum absolute atomic E-state index is 11.8. The number of rotatable bonds is 2. The maximum Gasteiger partial charge on any atom is 0.338 e. The summed E-state index contributed by atoms with van der Waals surface area (Å²) in [6.07, 6.45) is 0. The molecule has 0 bridgehead atoms. The van der Waals surface area contributed by atoms with Gasteiger partial charge in [0.2, 0.25) is 0 Å². The van der Waals surface area contributed by atoms with Crippen molar-refractivity contribution < 1.29 is 15.0 Å². The van der Waals surface area contributed by atoms with Crippen molar-refractivity contribution in [2.45, 2.75) is 13.8 Å². The number of thiophene rings is 1. The van der Waals surface area contributed by atoms with Crippen LogP contribution in [0.5, 0.6) is 5.75 Å². The Morgan fingerprint density at radius 2 is 2.05 bits per heavy atom. The van der Waals surface area contributed by atoms with Crippen molar-refractivity contribution in [3.8, 4) is 16.3 Å². The molecule has 21 heavy (non-hydrogen) atoms. The highest BCUT2D eigenvalue weighted by Crippen LogP contribution is 2.40. The molecule has 0 unspecified atom stereocenters. The monoisotopic (exact) mass is 301 g/mol. The van der Waals surface area contributed by atoms with E-state index in [4.69, 9.17) is 0 Å². The van der Waals surface area contributed by atoms with Gasteiger partial charge in [0, 0.05) is 23.5 Å². The smallest absolute Gasteiger partial charge is 0.338 e. The van der Waals surface area contributed by atoms with Crippen LogP contribution in [-0.4, -0.2) is 20.7 Å². The molecular weight excluding hydrogens is 286 g/mol. The summed E-state index contributed by atoms with van der Waals surface area (Å²) < 4.78 is 1.89. The first kappa shape index (κ1) is 13.7. The molecule has 0 atom stereocenters. The summed E-state index contributed by atoms with van der Waals surface area (Å²) in [5, 5.41) is 22.3. The number of fused-ring (bicyclic) bond motifs is 1. The van der Waals surface area contributed by atoms with Gasteiger partial charge in [-0.3, -0.25) is 0 Å². The molecule has 2 N–H and O–H groups in total. The van der Waals surface area contributed by atoms with E-state index in [1.807, 2.05) is 42.1 Å². The third kappa shape index (κ3) is 1.85. The maximum atomic E-state index is 11.8. The lowest BCUT2D eigenvalue weighted by Gasteiger charge is -2.06. The number of aromatic hydroxyl groups is 1. The van der Waals surface area contributed by atoms with Crippen LogP contribution >= 0.6 is 11.3 Å². The minimum Gasteiger partial charge on any atom is -0.507 e. The molecule has 2 aromatic heterocycles. The van der Waals surface area contributed by atoms with E-state index >= 15 is 0 Å². The van der Waals surface area contributed by atoms with Gasteiger partial charge in [-0.2, -0.15) is 0 Å². The van der Waals surface area contributed by atoms with Crippen LogP contribution in [0.1, 0.15) is 21.5 Å². The molecular formula is C16H15NO3S. The third-order valence-corrected chi connectivity index (χ3v) is 4.74. The van der Waals surface area contributed by atoms with Gasteiger partial charge in [0.25, 0.3) is 0 Å². The molecule has 0 saturated carbocycles. The first-order chi connectivity index (χ1) is 9.93. The molecule has 0 aliphatic rings. The van der Waals surface area contributed by atoms with Gasteiger partial charge in [0.1, 0.15) is 5.75 Å². The summed E-state index contributed by atoms with van der Waals surface area (Å²) in [6.45, 7) is 3.58. The van der Waals surface area contributed by atoms with E-state index in [0.717, 1.165) is 16.0 Å². The standard InChI is InChI=1S/C16H15NO3S/c1-8-7-10-12(9(2)15(8)18)13(16(19)20)14(17(10)3)11-5-4-6-21-11/h4-7,18H,1-3H3,(H,19,20). The quantitative estimate of drug-likeness (QED) is 0.754. The highest BCUT2D eigenvalue weighted by molar-refractivity contribution is 7.13. The number of aromatic nitrogens is 1. The molecule has 1 aromatic carbocycles. The summed E-state index contributed by atoms with van der Waals surface area (Å²) in [5.41, 5.74) is 3.11. The number of aryl methyl sites for hydroxylation is 3. The number of hydrogen-bond acceptors (Lipinski definition) is 3. The summed E-state index contributed by atoms with van der Waals surface area (Å²) in [7, 11) is 1.86. The second-order valence-corrected chi connectivity index (χ2v) is 6.07. The third-order valence-electron chi connectivity index (χ3n) is 3.87. The number of phenolic OH excluding ortho intramolecular Hbond substituents is 1. The van der Waals surface area contributed by atoms with Crippen LogP contribution in [0.15, 0.2) is 23.6 Å². The van der Waals surface area contributed by atoms with E-state index in [9.17, 15) is 15.0 Å². The van der Waals surface area contributed by atoms with E-state index in [2.05, 4.69) is 0 Å². The van der Waals surface area contributed by atoms with Crippen LogP contribution in [0.3, 0.4) is 0 Å². The Hall–Kier alpha value is -2.27. The molecule has 0 spiro atoms. The number of phenols is 1. The largest absolute Gasteiger partial charge is 0.507 e. The molecule has 108 valence electrons. The van der Waals surface area contributed by atoms with E-state index in [1.165, 1.54) is 11.3 Å². The van der Waals surface area contributed by atoms with E-state index in [-0.39, 0.29) is 11.3 Å². The van der Waals surface area contributed by atoms with Crippen molar-refractivity contribution in [3.05, 3.63) is 40.3 Å². The zero-order valence-corrected chi connectivity index (χ0v) is 12.8. The number of carbonyl (C=O) groups is 1. The lowest BCUT2D eigenvalue weighted by atomic mass is 10.0. The normalized spacial score (nSPS) is 11.2. The Labute approximate surface area is 125 Å². The first-order valence-electron chi connectivity index (χ1n) is 6.52. The summed E-state index contributed by atoms with van der Waals surface area (Å²) in [5.74, 6) is -0.816. The predicted molar refractivity (Wildman–Crippen MR) is 84.3 cm³/mol. The molecule has 5 heteroatoms. The minimum absolute atomic E-state index is 0.160. The topological polar surface area (TPSA) is 62.5 Å². The predicted octanol–water partition coefficient (Wildman–Crippen LogP) is 3.93. The van der Waals surface area contributed by atoms with Crippen LogP contribution in [-0.2, 0) is 7.05 Å². The number of benzene rings is 1. The lowest BCUT2D eigenvalue weighted by molar-refractivity contribution is 0.0699. The van der Waals surface area contributed by atoms with Crippen LogP contribution in [0.4, 0.5) is 0 Å². The SMILES string of the molecule is Cc1cc2c(c(C)c1O)c(C(=O)O)c(-c1cccs1)n2C. The number of carboxylic acids is 1. The highest BCUT2D eigenvalue weighted by atomic mass is 32.1. The first-order valence-corrected chi connectivity index (χ1v) is 7.40. The zero-order chi connectivity index (χ0) is 15.3. The molecule has 0 amide bonds. The molecule has 0 aliphatic carbocycles. The summed E-state index contributed by atoms with van der Waals surface area (Å²) in [4.78, 5) is 12.7. The second-order valence-electron chi connectivity index (χ2n) is 5.13.